The van der Waals surface area contributed by atoms with Crippen LogP contribution >= 0.6 is 11.3 Å². The second-order valence-electron chi connectivity index (χ2n) is 3.93. The summed E-state index contributed by atoms with van der Waals surface area (Å²) in [6, 6.07) is 1.66. The highest BCUT2D eigenvalue weighted by Crippen LogP contribution is 2.14. The summed E-state index contributed by atoms with van der Waals surface area (Å²) in [6.07, 6.45) is -0.0264. The molecule has 0 radical (unpaired) electrons. The van der Waals surface area contributed by atoms with E-state index in [0.717, 1.165) is 5.56 Å². The van der Waals surface area contributed by atoms with Gasteiger partial charge in [-0.1, -0.05) is 0 Å². The number of carbonyl (C=O) groups excluding carboxylic acids is 1. The molecule has 1 atom stereocenters. The molecule has 19 heavy (non-hydrogen) atoms. The van der Waals surface area contributed by atoms with Crippen molar-refractivity contribution in [1.82, 2.24) is 10.6 Å². The van der Waals surface area contributed by atoms with Crippen LogP contribution in [0.5, 0.6) is 0 Å². The molecule has 6 nitrogen and oxygen atoms in total. The lowest BCUT2D eigenvalue weighted by Gasteiger charge is -2.13. The van der Waals surface area contributed by atoms with E-state index in [4.69, 9.17) is 9.84 Å². The Morgan fingerprint density at radius 3 is 2.89 bits per heavy atom. The van der Waals surface area contributed by atoms with E-state index in [0.29, 0.717) is 13.2 Å². The molecule has 1 heterocycles. The van der Waals surface area contributed by atoms with Gasteiger partial charge in [-0.2, -0.15) is 11.3 Å². The van der Waals surface area contributed by atoms with Crippen molar-refractivity contribution in [3.8, 4) is 0 Å². The highest BCUT2D eigenvalue weighted by Gasteiger charge is 2.08. The largest absolute Gasteiger partial charge is 0.481 e. The van der Waals surface area contributed by atoms with Gasteiger partial charge in [0.25, 0.3) is 0 Å². The standard InChI is InChI=1S/C12H18N2O4S/c1-9(10-3-7-19-8-10)14-12(17)13-4-6-18-5-2-11(15)16/h3,7-9H,2,4-6H2,1H3,(H,15,16)(H2,13,14,17). The van der Waals surface area contributed by atoms with E-state index in [1.165, 1.54) is 0 Å². The molecule has 1 aromatic rings. The number of hydrogen-bond acceptors (Lipinski definition) is 4. The van der Waals surface area contributed by atoms with Crippen molar-refractivity contribution in [1.29, 1.82) is 0 Å². The summed E-state index contributed by atoms with van der Waals surface area (Å²) in [4.78, 5) is 21.7. The number of carboxylic acids is 1. The molecule has 2 amide bonds. The van der Waals surface area contributed by atoms with Gasteiger partial charge in [0.1, 0.15) is 0 Å². The van der Waals surface area contributed by atoms with Crippen LogP contribution in [0, 0.1) is 0 Å². The Balaban J connectivity index is 2.06. The molecule has 1 unspecified atom stereocenters. The number of rotatable bonds is 8. The number of amides is 2. The Bertz CT molecular complexity index is 394. The van der Waals surface area contributed by atoms with Crippen LogP contribution in [0.2, 0.25) is 0 Å². The molecule has 0 aromatic carbocycles. The molecule has 0 aliphatic rings. The molecule has 7 heteroatoms. The highest BCUT2D eigenvalue weighted by molar-refractivity contribution is 7.07. The minimum Gasteiger partial charge on any atom is -0.481 e. The Kier molecular flexibility index (Phi) is 6.91. The van der Waals surface area contributed by atoms with Crippen molar-refractivity contribution in [2.24, 2.45) is 0 Å². The monoisotopic (exact) mass is 286 g/mol. The molecular weight excluding hydrogens is 268 g/mol. The van der Waals surface area contributed by atoms with Crippen molar-refractivity contribution in [2.75, 3.05) is 19.8 Å². The molecule has 0 saturated heterocycles. The molecule has 0 aliphatic carbocycles. The van der Waals surface area contributed by atoms with Gasteiger partial charge in [0, 0.05) is 6.54 Å². The van der Waals surface area contributed by atoms with E-state index in [9.17, 15) is 9.59 Å². The zero-order valence-electron chi connectivity index (χ0n) is 10.7. The van der Waals surface area contributed by atoms with Crippen molar-refractivity contribution in [2.45, 2.75) is 19.4 Å². The second-order valence-corrected chi connectivity index (χ2v) is 4.71. The van der Waals surface area contributed by atoms with Crippen LogP contribution < -0.4 is 10.6 Å². The van der Waals surface area contributed by atoms with Gasteiger partial charge < -0.3 is 20.5 Å². The first-order valence-corrected chi connectivity index (χ1v) is 6.90. The Hall–Kier alpha value is -1.60. The number of carboxylic acid groups (broad SMARTS) is 1. The number of aliphatic carboxylic acids is 1. The van der Waals surface area contributed by atoms with Gasteiger partial charge in [-0.3, -0.25) is 4.79 Å². The summed E-state index contributed by atoms with van der Waals surface area (Å²) in [7, 11) is 0. The maximum Gasteiger partial charge on any atom is 0.315 e. The van der Waals surface area contributed by atoms with E-state index >= 15 is 0 Å². The fourth-order valence-electron chi connectivity index (χ4n) is 1.35. The number of thiophene rings is 1. The first kappa shape index (κ1) is 15.5. The Morgan fingerprint density at radius 2 is 2.26 bits per heavy atom. The van der Waals surface area contributed by atoms with Crippen molar-refractivity contribution in [3.63, 3.8) is 0 Å². The van der Waals surface area contributed by atoms with Crippen LogP contribution in [-0.2, 0) is 9.53 Å². The molecule has 0 spiro atoms. The number of urea groups is 1. The predicted octanol–water partition coefficient (Wildman–Crippen LogP) is 1.60. The lowest BCUT2D eigenvalue weighted by molar-refractivity contribution is -0.138. The van der Waals surface area contributed by atoms with Crippen LogP contribution in [0.3, 0.4) is 0 Å². The van der Waals surface area contributed by atoms with Gasteiger partial charge in [0.2, 0.25) is 0 Å². The maximum absolute atomic E-state index is 11.5. The summed E-state index contributed by atoms with van der Waals surface area (Å²) in [5, 5.41) is 17.8. The first-order chi connectivity index (χ1) is 9.09. The molecule has 1 aromatic heterocycles. The molecule has 0 fully saturated rings. The first-order valence-electron chi connectivity index (χ1n) is 5.95. The van der Waals surface area contributed by atoms with Gasteiger partial charge in [-0.15, -0.1) is 0 Å². The average Bonchev–Trinajstić information content (AvgIpc) is 2.87. The Morgan fingerprint density at radius 1 is 1.47 bits per heavy atom. The summed E-state index contributed by atoms with van der Waals surface area (Å²) < 4.78 is 5.05. The topological polar surface area (TPSA) is 87.7 Å². The van der Waals surface area contributed by atoms with Crippen LogP contribution in [0.1, 0.15) is 24.9 Å². The number of hydrogen-bond donors (Lipinski definition) is 3. The quantitative estimate of drug-likeness (QED) is 0.633. The predicted molar refractivity (Wildman–Crippen MR) is 72.3 cm³/mol. The molecular formula is C12H18N2O4S. The van der Waals surface area contributed by atoms with E-state index < -0.39 is 5.97 Å². The lowest BCUT2D eigenvalue weighted by atomic mass is 10.2. The minimum atomic E-state index is -0.893. The molecule has 0 saturated carbocycles. The van der Waals surface area contributed by atoms with E-state index in [2.05, 4.69) is 10.6 Å². The lowest BCUT2D eigenvalue weighted by Crippen LogP contribution is -2.38. The molecule has 106 valence electrons. The number of carbonyl (C=O) groups is 2. The summed E-state index contributed by atoms with van der Waals surface area (Å²) in [6.45, 7) is 2.71. The summed E-state index contributed by atoms with van der Waals surface area (Å²) >= 11 is 1.58. The second kappa shape index (κ2) is 8.49. The van der Waals surface area contributed by atoms with Gasteiger partial charge in [0.15, 0.2) is 0 Å². The Labute approximate surface area is 115 Å². The van der Waals surface area contributed by atoms with Crippen LogP contribution in [0.4, 0.5) is 4.79 Å². The van der Waals surface area contributed by atoms with Gasteiger partial charge in [-0.25, -0.2) is 4.79 Å². The number of nitrogens with one attached hydrogen (secondary N) is 2. The SMILES string of the molecule is CC(NC(=O)NCCOCCC(=O)O)c1ccsc1. The smallest absolute Gasteiger partial charge is 0.315 e. The van der Waals surface area contributed by atoms with Crippen LogP contribution in [-0.4, -0.2) is 36.9 Å². The number of ether oxygens (including phenoxy) is 1. The van der Waals surface area contributed by atoms with Gasteiger partial charge in [0.05, 0.1) is 25.7 Å². The van der Waals surface area contributed by atoms with E-state index in [-0.39, 0.29) is 25.1 Å². The third-order valence-corrected chi connectivity index (χ3v) is 3.08. The molecule has 0 aliphatic heterocycles. The van der Waals surface area contributed by atoms with Crippen molar-refractivity contribution < 1.29 is 19.4 Å². The fourth-order valence-corrected chi connectivity index (χ4v) is 2.10. The van der Waals surface area contributed by atoms with Gasteiger partial charge in [-0.05, 0) is 29.3 Å². The highest BCUT2D eigenvalue weighted by atomic mass is 32.1. The fraction of sp³-hybridized carbons (Fsp3) is 0.500. The zero-order valence-corrected chi connectivity index (χ0v) is 11.5. The summed E-state index contributed by atoms with van der Waals surface area (Å²) in [5.41, 5.74) is 1.07. The van der Waals surface area contributed by atoms with Crippen LogP contribution in [0.15, 0.2) is 16.8 Å². The maximum atomic E-state index is 11.5. The van der Waals surface area contributed by atoms with Gasteiger partial charge >= 0.3 is 12.0 Å². The zero-order chi connectivity index (χ0) is 14.1. The molecule has 0 bridgehead atoms. The average molecular weight is 286 g/mol. The molecule has 3 N–H and O–H groups in total. The van der Waals surface area contributed by atoms with E-state index in [1.807, 2.05) is 23.8 Å². The minimum absolute atomic E-state index is 0.0264. The normalized spacial score (nSPS) is 11.8. The van der Waals surface area contributed by atoms with Crippen molar-refractivity contribution in [3.05, 3.63) is 22.4 Å². The molecule has 1 rings (SSSR count). The van der Waals surface area contributed by atoms with E-state index in [1.54, 1.807) is 11.3 Å². The summed E-state index contributed by atoms with van der Waals surface area (Å²) in [5.74, 6) is -0.893. The third-order valence-electron chi connectivity index (χ3n) is 2.38. The third kappa shape index (κ3) is 6.78. The van der Waals surface area contributed by atoms with Crippen molar-refractivity contribution >= 4 is 23.3 Å². The van der Waals surface area contributed by atoms with Crippen LogP contribution in [0.25, 0.3) is 0 Å².